The van der Waals surface area contributed by atoms with Crippen LogP contribution >= 0.6 is 0 Å². The van der Waals surface area contributed by atoms with Gasteiger partial charge in [0.05, 0.1) is 12.0 Å². The zero-order valence-corrected chi connectivity index (χ0v) is 9.77. The third-order valence-electron chi connectivity index (χ3n) is 2.31. The molecule has 2 rings (SSSR count). The minimum atomic E-state index is -0.620. The Labute approximate surface area is 98.6 Å². The maximum absolute atomic E-state index is 12.7. The number of hydrogen-bond donors (Lipinski definition) is 1. The fourth-order valence-electron chi connectivity index (χ4n) is 1.37. The van der Waals surface area contributed by atoms with Gasteiger partial charge in [-0.1, -0.05) is 17.3 Å². The maximum atomic E-state index is 12.7. The Morgan fingerprint density at radius 1 is 1.29 bits per heavy atom. The highest BCUT2D eigenvalue weighted by molar-refractivity contribution is 5.19. The van der Waals surface area contributed by atoms with E-state index in [9.17, 15) is 4.39 Å². The molecule has 1 aromatic carbocycles. The Kier molecular flexibility index (Phi) is 2.93. The van der Waals surface area contributed by atoms with E-state index in [0.29, 0.717) is 18.1 Å². The first-order valence-corrected chi connectivity index (χ1v) is 5.31. The van der Waals surface area contributed by atoms with Gasteiger partial charge in [-0.15, -0.1) is 0 Å². The molecular weight excluding hydrogens is 221 g/mol. The van der Waals surface area contributed by atoms with Crippen LogP contribution in [-0.4, -0.2) is 10.1 Å². The van der Waals surface area contributed by atoms with Gasteiger partial charge in [0, 0.05) is 0 Å². The summed E-state index contributed by atoms with van der Waals surface area (Å²) >= 11 is 0. The van der Waals surface area contributed by atoms with Crippen LogP contribution in [0.25, 0.3) is 0 Å². The lowest BCUT2D eigenvalue weighted by atomic mass is 10.1. The molecule has 1 aromatic heterocycles. The van der Waals surface area contributed by atoms with E-state index in [1.807, 2.05) is 0 Å². The molecule has 0 spiro atoms. The van der Waals surface area contributed by atoms with Gasteiger partial charge in [-0.3, -0.25) is 0 Å². The molecule has 0 atom stereocenters. The van der Waals surface area contributed by atoms with E-state index < -0.39 is 5.54 Å². The number of hydrogen-bond acceptors (Lipinski definition) is 4. The van der Waals surface area contributed by atoms with Crippen LogP contribution in [-0.2, 0) is 12.0 Å². The second-order valence-electron chi connectivity index (χ2n) is 4.54. The number of halogens is 1. The van der Waals surface area contributed by atoms with Gasteiger partial charge in [-0.2, -0.15) is 4.98 Å². The average Bonchev–Trinajstić information content (AvgIpc) is 2.69. The van der Waals surface area contributed by atoms with Gasteiger partial charge in [0.15, 0.2) is 5.82 Å². The largest absolute Gasteiger partial charge is 0.339 e. The highest BCUT2D eigenvalue weighted by atomic mass is 19.1. The van der Waals surface area contributed by atoms with Crippen LogP contribution in [0, 0.1) is 5.82 Å². The Hall–Kier alpha value is -1.75. The summed E-state index contributed by atoms with van der Waals surface area (Å²) in [6.45, 7) is 3.61. The summed E-state index contributed by atoms with van der Waals surface area (Å²) in [6.07, 6.45) is 0.476. The predicted octanol–water partition coefficient (Wildman–Crippen LogP) is 1.99. The summed E-state index contributed by atoms with van der Waals surface area (Å²) in [5.41, 5.74) is 6.14. The van der Waals surface area contributed by atoms with Gasteiger partial charge in [-0.25, -0.2) is 4.39 Å². The molecule has 5 heteroatoms. The number of nitrogens with two attached hydrogens (primary N) is 1. The smallest absolute Gasteiger partial charge is 0.231 e. The maximum Gasteiger partial charge on any atom is 0.231 e. The average molecular weight is 235 g/mol. The molecular formula is C12H14FN3O. The van der Waals surface area contributed by atoms with Crippen molar-refractivity contribution in [2.75, 3.05) is 0 Å². The molecule has 0 saturated carbocycles. The molecule has 0 fully saturated rings. The van der Waals surface area contributed by atoms with Crippen molar-refractivity contribution in [3.05, 3.63) is 47.4 Å². The summed E-state index contributed by atoms with van der Waals surface area (Å²) in [6, 6.07) is 6.18. The van der Waals surface area contributed by atoms with E-state index >= 15 is 0 Å². The van der Waals surface area contributed by atoms with E-state index in [1.165, 1.54) is 12.1 Å². The molecule has 0 radical (unpaired) electrons. The predicted molar refractivity (Wildman–Crippen MR) is 60.7 cm³/mol. The minimum absolute atomic E-state index is 0.261. The first-order valence-electron chi connectivity index (χ1n) is 5.31. The van der Waals surface area contributed by atoms with Crippen molar-refractivity contribution in [3.8, 4) is 0 Å². The third kappa shape index (κ3) is 2.88. The molecule has 2 aromatic rings. The van der Waals surface area contributed by atoms with E-state index in [0.717, 1.165) is 5.56 Å². The molecule has 0 aliphatic carbocycles. The molecule has 1 heterocycles. The summed E-state index contributed by atoms with van der Waals surface area (Å²) in [7, 11) is 0. The zero-order chi connectivity index (χ0) is 12.5. The number of nitrogens with zero attached hydrogens (tertiary/aromatic N) is 2. The number of benzene rings is 1. The first-order chi connectivity index (χ1) is 7.95. The van der Waals surface area contributed by atoms with Gasteiger partial charge in [0.25, 0.3) is 0 Å². The lowest BCUT2D eigenvalue weighted by Crippen LogP contribution is -2.30. The lowest BCUT2D eigenvalue weighted by molar-refractivity contribution is 0.365. The van der Waals surface area contributed by atoms with Crippen molar-refractivity contribution >= 4 is 0 Å². The summed E-state index contributed by atoms with van der Waals surface area (Å²) in [5, 5.41) is 3.82. The van der Waals surface area contributed by atoms with Crippen molar-refractivity contribution in [2.45, 2.75) is 25.8 Å². The molecule has 90 valence electrons. The van der Waals surface area contributed by atoms with Crippen LogP contribution in [0.3, 0.4) is 0 Å². The molecule has 0 bridgehead atoms. The second-order valence-corrected chi connectivity index (χ2v) is 4.54. The monoisotopic (exact) mass is 235 g/mol. The van der Waals surface area contributed by atoms with Crippen LogP contribution in [0.15, 0.2) is 28.8 Å². The highest BCUT2D eigenvalue weighted by Crippen LogP contribution is 2.14. The Balaban J connectivity index is 2.14. The standard InChI is InChI=1S/C12H14FN3O/c1-12(2,14)11-15-10(17-16-11)7-8-3-5-9(13)6-4-8/h3-6H,7,14H2,1-2H3. The van der Waals surface area contributed by atoms with Crippen LogP contribution < -0.4 is 5.73 Å². The van der Waals surface area contributed by atoms with Crippen LogP contribution in [0.5, 0.6) is 0 Å². The fraction of sp³-hybridized carbons (Fsp3) is 0.333. The van der Waals surface area contributed by atoms with Gasteiger partial charge in [0.1, 0.15) is 5.82 Å². The molecule has 17 heavy (non-hydrogen) atoms. The summed E-state index contributed by atoms with van der Waals surface area (Å²) in [4.78, 5) is 4.20. The number of rotatable bonds is 3. The van der Waals surface area contributed by atoms with Gasteiger partial charge in [-0.05, 0) is 31.5 Å². The quantitative estimate of drug-likeness (QED) is 0.883. The zero-order valence-electron chi connectivity index (χ0n) is 9.77. The highest BCUT2D eigenvalue weighted by Gasteiger charge is 2.21. The summed E-state index contributed by atoms with van der Waals surface area (Å²) < 4.78 is 17.8. The van der Waals surface area contributed by atoms with E-state index in [-0.39, 0.29) is 5.82 Å². The minimum Gasteiger partial charge on any atom is -0.339 e. The summed E-state index contributed by atoms with van der Waals surface area (Å²) in [5.74, 6) is 0.683. The molecule has 0 saturated heterocycles. The normalized spacial score (nSPS) is 11.8. The molecule has 0 aliphatic rings. The van der Waals surface area contributed by atoms with Crippen molar-refractivity contribution in [1.82, 2.24) is 10.1 Å². The second kappa shape index (κ2) is 4.25. The number of aromatic nitrogens is 2. The van der Waals surface area contributed by atoms with E-state index in [4.69, 9.17) is 10.3 Å². The van der Waals surface area contributed by atoms with Crippen LogP contribution in [0.2, 0.25) is 0 Å². The van der Waals surface area contributed by atoms with Gasteiger partial charge in [0.2, 0.25) is 5.89 Å². The fourth-order valence-corrected chi connectivity index (χ4v) is 1.37. The van der Waals surface area contributed by atoms with Crippen molar-refractivity contribution < 1.29 is 8.91 Å². The lowest BCUT2D eigenvalue weighted by Gasteiger charge is -2.11. The van der Waals surface area contributed by atoms with Gasteiger partial charge < -0.3 is 10.3 Å². The third-order valence-corrected chi connectivity index (χ3v) is 2.31. The SMILES string of the molecule is CC(C)(N)c1noc(Cc2ccc(F)cc2)n1. The molecule has 0 aliphatic heterocycles. The Morgan fingerprint density at radius 3 is 2.47 bits per heavy atom. The Bertz CT molecular complexity index is 499. The van der Waals surface area contributed by atoms with E-state index in [2.05, 4.69) is 10.1 Å². The molecule has 2 N–H and O–H groups in total. The van der Waals surface area contributed by atoms with Crippen molar-refractivity contribution in [1.29, 1.82) is 0 Å². The van der Waals surface area contributed by atoms with Crippen molar-refractivity contribution in [2.24, 2.45) is 5.73 Å². The van der Waals surface area contributed by atoms with Crippen LogP contribution in [0.1, 0.15) is 31.1 Å². The van der Waals surface area contributed by atoms with Crippen molar-refractivity contribution in [3.63, 3.8) is 0 Å². The molecule has 4 nitrogen and oxygen atoms in total. The Morgan fingerprint density at radius 2 is 1.94 bits per heavy atom. The van der Waals surface area contributed by atoms with E-state index in [1.54, 1.807) is 26.0 Å². The molecule has 0 amide bonds. The molecule has 0 unspecified atom stereocenters. The van der Waals surface area contributed by atoms with Crippen LogP contribution in [0.4, 0.5) is 4.39 Å². The first kappa shape index (κ1) is 11.7. The topological polar surface area (TPSA) is 64.9 Å². The van der Waals surface area contributed by atoms with Gasteiger partial charge >= 0.3 is 0 Å².